The summed E-state index contributed by atoms with van der Waals surface area (Å²) in [5.74, 6) is -0.558. The van der Waals surface area contributed by atoms with Crippen LogP contribution in [0, 0.1) is 5.92 Å². The molecule has 0 amide bonds. The maximum atomic E-state index is 11.8. The molecule has 3 unspecified atom stereocenters. The zero-order valence-electron chi connectivity index (χ0n) is 8.98. The third kappa shape index (κ3) is 1.91. The van der Waals surface area contributed by atoms with Crippen molar-refractivity contribution in [2.45, 2.75) is 44.2 Å². The van der Waals surface area contributed by atoms with E-state index in [9.17, 15) is 9.59 Å². The number of ketones is 1. The Hall–Kier alpha value is -0.900. The molecule has 2 aliphatic rings. The van der Waals surface area contributed by atoms with E-state index in [1.807, 2.05) is 0 Å². The molecule has 0 aromatic carbocycles. The van der Waals surface area contributed by atoms with Crippen molar-refractivity contribution in [1.82, 2.24) is 4.90 Å². The molecule has 4 heteroatoms. The first-order valence-electron chi connectivity index (χ1n) is 5.56. The summed E-state index contributed by atoms with van der Waals surface area (Å²) in [4.78, 5) is 24.6. The van der Waals surface area contributed by atoms with Gasteiger partial charge in [0.25, 0.3) is 0 Å². The van der Waals surface area contributed by atoms with Crippen molar-refractivity contribution in [3.05, 3.63) is 0 Å². The van der Waals surface area contributed by atoms with Gasteiger partial charge in [0.15, 0.2) is 0 Å². The van der Waals surface area contributed by atoms with Gasteiger partial charge in [-0.1, -0.05) is 0 Å². The van der Waals surface area contributed by atoms with Crippen LogP contribution in [0.4, 0.5) is 0 Å². The molecule has 15 heavy (non-hydrogen) atoms. The van der Waals surface area contributed by atoms with Crippen LogP contribution >= 0.6 is 0 Å². The van der Waals surface area contributed by atoms with Gasteiger partial charge in [-0.15, -0.1) is 0 Å². The third-order valence-corrected chi connectivity index (χ3v) is 3.88. The van der Waals surface area contributed by atoms with E-state index < -0.39 is 5.97 Å². The number of hydrogen-bond donors (Lipinski definition) is 1. The number of carboxylic acids is 1. The van der Waals surface area contributed by atoms with Gasteiger partial charge in [-0.25, -0.2) is 0 Å². The minimum absolute atomic E-state index is 0.0372. The van der Waals surface area contributed by atoms with Crippen LogP contribution in [-0.4, -0.2) is 40.9 Å². The molecule has 2 saturated heterocycles. The lowest BCUT2D eigenvalue weighted by Gasteiger charge is -2.36. The second-order valence-electron chi connectivity index (χ2n) is 4.67. The summed E-state index contributed by atoms with van der Waals surface area (Å²) in [6.07, 6.45) is 3.40. The SMILES string of the molecule is CN1C2CCC1C(CCC(=O)O)C(=O)C2. The number of carbonyl (C=O) groups is 2. The molecule has 2 rings (SSSR count). The molecular weight excluding hydrogens is 194 g/mol. The molecule has 0 spiro atoms. The maximum Gasteiger partial charge on any atom is 0.303 e. The second-order valence-corrected chi connectivity index (χ2v) is 4.67. The van der Waals surface area contributed by atoms with Crippen molar-refractivity contribution in [2.24, 2.45) is 5.92 Å². The lowest BCUT2D eigenvalue weighted by atomic mass is 9.86. The molecule has 2 heterocycles. The molecule has 0 aromatic heterocycles. The van der Waals surface area contributed by atoms with Crippen LogP contribution in [0.5, 0.6) is 0 Å². The van der Waals surface area contributed by atoms with Crippen LogP contribution in [0.3, 0.4) is 0 Å². The molecule has 2 fully saturated rings. The van der Waals surface area contributed by atoms with E-state index in [0.29, 0.717) is 24.9 Å². The topological polar surface area (TPSA) is 57.6 Å². The Balaban J connectivity index is 2.02. The third-order valence-electron chi connectivity index (χ3n) is 3.88. The van der Waals surface area contributed by atoms with E-state index in [2.05, 4.69) is 11.9 Å². The number of nitrogens with zero attached hydrogens (tertiary/aromatic N) is 1. The number of aliphatic carboxylic acids is 1. The fourth-order valence-electron chi connectivity index (χ4n) is 3.00. The normalized spacial score (nSPS) is 35.8. The molecule has 84 valence electrons. The average molecular weight is 211 g/mol. The van der Waals surface area contributed by atoms with Gasteiger partial charge in [0.1, 0.15) is 5.78 Å². The molecule has 2 aliphatic heterocycles. The van der Waals surface area contributed by atoms with Crippen molar-refractivity contribution in [2.75, 3.05) is 7.05 Å². The summed E-state index contributed by atoms with van der Waals surface area (Å²) in [6, 6.07) is 0.721. The fourth-order valence-corrected chi connectivity index (χ4v) is 3.00. The molecule has 3 atom stereocenters. The van der Waals surface area contributed by atoms with Crippen LogP contribution in [-0.2, 0) is 9.59 Å². The Bertz CT molecular complexity index is 290. The van der Waals surface area contributed by atoms with E-state index >= 15 is 0 Å². The van der Waals surface area contributed by atoms with Crippen molar-refractivity contribution in [3.8, 4) is 0 Å². The Morgan fingerprint density at radius 3 is 2.93 bits per heavy atom. The molecular formula is C11H17NO3. The zero-order chi connectivity index (χ0) is 11.0. The quantitative estimate of drug-likeness (QED) is 0.753. The maximum absolute atomic E-state index is 11.8. The van der Waals surface area contributed by atoms with Crippen LogP contribution in [0.15, 0.2) is 0 Å². The molecule has 0 saturated carbocycles. The highest BCUT2D eigenvalue weighted by Gasteiger charge is 2.44. The smallest absolute Gasteiger partial charge is 0.303 e. The number of fused-ring (bicyclic) bond motifs is 2. The van der Waals surface area contributed by atoms with Gasteiger partial charge in [-0.05, 0) is 26.3 Å². The Labute approximate surface area is 89.3 Å². The zero-order valence-corrected chi connectivity index (χ0v) is 8.98. The number of carbonyl (C=O) groups excluding carboxylic acids is 1. The van der Waals surface area contributed by atoms with Crippen LogP contribution in [0.1, 0.15) is 32.1 Å². The fraction of sp³-hybridized carbons (Fsp3) is 0.818. The van der Waals surface area contributed by atoms with Crippen molar-refractivity contribution < 1.29 is 14.7 Å². The summed E-state index contributed by atoms with van der Waals surface area (Å²) >= 11 is 0. The number of carboxylic acid groups (broad SMARTS) is 1. The highest BCUT2D eigenvalue weighted by atomic mass is 16.4. The van der Waals surface area contributed by atoms with Gasteiger partial charge in [0.05, 0.1) is 0 Å². The van der Waals surface area contributed by atoms with E-state index in [1.165, 1.54) is 0 Å². The summed E-state index contributed by atoms with van der Waals surface area (Å²) in [6.45, 7) is 0. The highest BCUT2D eigenvalue weighted by Crippen LogP contribution is 2.37. The molecule has 0 aromatic rings. The first-order chi connectivity index (χ1) is 7.09. The first-order valence-corrected chi connectivity index (χ1v) is 5.56. The van der Waals surface area contributed by atoms with Gasteiger partial charge in [0.2, 0.25) is 0 Å². The van der Waals surface area contributed by atoms with Crippen LogP contribution < -0.4 is 0 Å². The van der Waals surface area contributed by atoms with Gasteiger partial charge in [0, 0.05) is 30.8 Å². The van der Waals surface area contributed by atoms with Gasteiger partial charge in [-0.3, -0.25) is 14.5 Å². The molecule has 2 bridgehead atoms. The standard InChI is InChI=1S/C11H17NO3/c1-12-7-2-4-9(12)8(10(13)6-7)3-5-11(14)15/h7-9H,2-6H2,1H3,(H,14,15). The lowest BCUT2D eigenvalue weighted by Crippen LogP contribution is -2.47. The predicted molar refractivity (Wildman–Crippen MR) is 54.6 cm³/mol. The Morgan fingerprint density at radius 2 is 2.27 bits per heavy atom. The van der Waals surface area contributed by atoms with Crippen LogP contribution in [0.25, 0.3) is 0 Å². The molecule has 0 radical (unpaired) electrons. The average Bonchev–Trinajstić information content (AvgIpc) is 2.44. The summed E-state index contributed by atoms with van der Waals surface area (Å²) in [5, 5.41) is 8.64. The predicted octanol–water partition coefficient (Wildman–Crippen LogP) is 0.903. The summed E-state index contributed by atoms with van der Waals surface area (Å²) in [7, 11) is 2.06. The monoisotopic (exact) mass is 211 g/mol. The van der Waals surface area contributed by atoms with E-state index in [0.717, 1.165) is 12.8 Å². The number of hydrogen-bond acceptors (Lipinski definition) is 3. The minimum atomic E-state index is -0.800. The number of piperidine rings is 1. The van der Waals surface area contributed by atoms with E-state index in [-0.39, 0.29) is 18.1 Å². The van der Waals surface area contributed by atoms with Gasteiger partial charge < -0.3 is 5.11 Å². The first kappa shape index (κ1) is 10.6. The highest BCUT2D eigenvalue weighted by molar-refractivity contribution is 5.84. The van der Waals surface area contributed by atoms with Crippen molar-refractivity contribution >= 4 is 11.8 Å². The van der Waals surface area contributed by atoms with Crippen molar-refractivity contribution in [3.63, 3.8) is 0 Å². The van der Waals surface area contributed by atoms with E-state index in [4.69, 9.17) is 5.11 Å². The number of Topliss-reactive ketones (excluding diaryl/α,β-unsaturated/α-hetero) is 1. The van der Waals surface area contributed by atoms with Crippen LogP contribution in [0.2, 0.25) is 0 Å². The molecule has 0 aliphatic carbocycles. The minimum Gasteiger partial charge on any atom is -0.481 e. The largest absolute Gasteiger partial charge is 0.481 e. The van der Waals surface area contributed by atoms with Crippen molar-refractivity contribution in [1.29, 1.82) is 0 Å². The van der Waals surface area contributed by atoms with Gasteiger partial charge in [-0.2, -0.15) is 0 Å². The summed E-state index contributed by atoms with van der Waals surface area (Å²) < 4.78 is 0. The second kappa shape index (κ2) is 3.93. The Morgan fingerprint density at radius 1 is 1.53 bits per heavy atom. The number of rotatable bonds is 3. The summed E-state index contributed by atoms with van der Waals surface area (Å²) in [5.41, 5.74) is 0. The lowest BCUT2D eigenvalue weighted by molar-refractivity contribution is -0.138. The molecule has 4 nitrogen and oxygen atoms in total. The Kier molecular flexibility index (Phi) is 2.78. The van der Waals surface area contributed by atoms with E-state index in [1.54, 1.807) is 0 Å². The molecule has 1 N–H and O–H groups in total. The van der Waals surface area contributed by atoms with Gasteiger partial charge >= 0.3 is 5.97 Å².